The molecule has 0 aromatic heterocycles. The molecule has 0 aliphatic carbocycles. The van der Waals surface area contributed by atoms with Crippen molar-refractivity contribution in [2.75, 3.05) is 25.1 Å². The molecule has 0 saturated heterocycles. The zero-order valence-corrected chi connectivity index (χ0v) is 30.3. The van der Waals surface area contributed by atoms with Gasteiger partial charge in [-0.25, -0.2) is 0 Å². The summed E-state index contributed by atoms with van der Waals surface area (Å²) in [6.45, 7) is 32.6. The molecule has 2 heterocycles. The fourth-order valence-electron chi connectivity index (χ4n) is 5.87. The Balaban J connectivity index is 0.000000184. The number of nitrogens with zero attached hydrogens (tertiary/aromatic N) is 1. The van der Waals surface area contributed by atoms with Crippen molar-refractivity contribution in [1.29, 1.82) is 0 Å². The smallest absolute Gasteiger partial charge is 0.490 e. The van der Waals surface area contributed by atoms with E-state index in [-0.39, 0.29) is 27.7 Å². The van der Waals surface area contributed by atoms with Gasteiger partial charge in [0.2, 0.25) is 0 Å². The van der Waals surface area contributed by atoms with Crippen LogP contribution in [0.1, 0.15) is 107 Å². The molecule has 2 aliphatic rings. The molecule has 0 amide bonds. The minimum atomic E-state index is -3.53. The Bertz CT molecular complexity index is 1490. The number of hydrogen-bond acceptors (Lipinski definition) is 4. The van der Waals surface area contributed by atoms with Crippen LogP contribution in [-0.2, 0) is 16.2 Å². The number of likely N-dealkylation sites (N-methyl/N-ethyl adjacent to an activating group) is 1. The van der Waals surface area contributed by atoms with Crippen molar-refractivity contribution in [3.8, 4) is 17.2 Å². The molecule has 3 aromatic carbocycles. The van der Waals surface area contributed by atoms with Crippen LogP contribution >= 0.6 is 0 Å². The number of fused-ring (bicyclic) bond motifs is 2. The van der Waals surface area contributed by atoms with Gasteiger partial charge >= 0.3 is 6.29 Å². The maximum atomic E-state index is 12.7. The van der Waals surface area contributed by atoms with Gasteiger partial charge in [-0.3, -0.25) is 0 Å². The van der Waals surface area contributed by atoms with Crippen LogP contribution in [0.4, 0.5) is 14.5 Å². The van der Waals surface area contributed by atoms with Gasteiger partial charge in [0.25, 0.3) is 0 Å². The summed E-state index contributed by atoms with van der Waals surface area (Å²) >= 11 is 0. The second-order valence-corrected chi connectivity index (χ2v) is 15.5. The van der Waals surface area contributed by atoms with E-state index in [4.69, 9.17) is 4.74 Å². The molecule has 3 aromatic rings. The van der Waals surface area contributed by atoms with Gasteiger partial charge in [-0.15, -0.1) is 8.78 Å². The molecule has 0 N–H and O–H groups in total. The predicted molar refractivity (Wildman–Crippen MR) is 184 cm³/mol. The van der Waals surface area contributed by atoms with Crippen LogP contribution in [0.3, 0.4) is 0 Å². The number of rotatable bonds is 0. The van der Waals surface area contributed by atoms with E-state index < -0.39 is 6.29 Å². The summed E-state index contributed by atoms with van der Waals surface area (Å²) in [6, 6.07) is 11.4. The molecule has 45 heavy (non-hydrogen) atoms. The first-order valence-electron chi connectivity index (χ1n) is 15.9. The topological polar surface area (TPSA) is 30.9 Å². The first-order chi connectivity index (χ1) is 20.4. The molecule has 0 bridgehead atoms. The quantitative estimate of drug-likeness (QED) is 0.249. The van der Waals surface area contributed by atoms with Gasteiger partial charge in [0, 0.05) is 7.05 Å². The van der Waals surface area contributed by atoms with Crippen LogP contribution in [0.25, 0.3) is 0 Å². The summed E-state index contributed by atoms with van der Waals surface area (Å²) in [5.74, 6) is 1.22. The van der Waals surface area contributed by atoms with Crippen molar-refractivity contribution in [2.45, 2.75) is 119 Å². The van der Waals surface area contributed by atoms with Crippen molar-refractivity contribution in [2.24, 2.45) is 0 Å². The highest BCUT2D eigenvalue weighted by atomic mass is 19.3. The summed E-state index contributed by atoms with van der Waals surface area (Å²) in [4.78, 5) is 2.24. The molecule has 248 valence electrons. The summed E-state index contributed by atoms with van der Waals surface area (Å²) in [6.07, 6.45) is -3.53. The minimum absolute atomic E-state index is 0.0907. The van der Waals surface area contributed by atoms with E-state index in [0.717, 1.165) is 24.5 Å². The third-order valence-electron chi connectivity index (χ3n) is 8.94. The average Bonchev–Trinajstić information content (AvgIpc) is 3.23. The molecule has 6 heteroatoms. The first kappa shape index (κ1) is 36.2. The highest BCUT2D eigenvalue weighted by molar-refractivity contribution is 5.61. The van der Waals surface area contributed by atoms with Gasteiger partial charge in [-0.05, 0) is 120 Å². The number of halogens is 2. The van der Waals surface area contributed by atoms with Crippen LogP contribution in [0.15, 0.2) is 36.4 Å². The summed E-state index contributed by atoms with van der Waals surface area (Å²) in [7, 11) is 2.11. The highest BCUT2D eigenvalue weighted by Gasteiger charge is 2.43. The van der Waals surface area contributed by atoms with Crippen LogP contribution in [-0.4, -0.2) is 26.5 Å². The monoisotopic (exact) mass is 623 g/mol. The lowest BCUT2D eigenvalue weighted by molar-refractivity contribution is -0.286. The number of benzene rings is 3. The SMILES string of the molecule is CC(C)(C)c1ccc2c(c1)OC(F)(F)O2.CN1CCOc2cc(C(C)(C)C)ccc21.Cc1c(C)c(C)c(C(C)(C)C)c(C)c1C. The lowest BCUT2D eigenvalue weighted by Crippen LogP contribution is -2.29. The molecular weight excluding hydrogens is 568 g/mol. The Morgan fingerprint density at radius 2 is 1.04 bits per heavy atom. The van der Waals surface area contributed by atoms with Gasteiger partial charge in [0.1, 0.15) is 12.4 Å². The van der Waals surface area contributed by atoms with Gasteiger partial charge < -0.3 is 19.1 Å². The predicted octanol–water partition coefficient (Wildman–Crippen LogP) is 10.6. The van der Waals surface area contributed by atoms with E-state index in [2.05, 4.69) is 116 Å². The Morgan fingerprint density at radius 1 is 0.600 bits per heavy atom. The number of alkyl halides is 2. The van der Waals surface area contributed by atoms with Gasteiger partial charge in [0.15, 0.2) is 11.5 Å². The maximum absolute atomic E-state index is 12.7. The summed E-state index contributed by atoms with van der Waals surface area (Å²) in [5, 5.41) is 0. The van der Waals surface area contributed by atoms with Crippen molar-refractivity contribution < 1.29 is 23.0 Å². The number of hydrogen-bond donors (Lipinski definition) is 0. The third-order valence-corrected chi connectivity index (χ3v) is 8.94. The van der Waals surface area contributed by atoms with Crippen LogP contribution in [0, 0.1) is 34.6 Å². The molecule has 5 rings (SSSR count). The molecule has 0 saturated carbocycles. The Labute approximate surface area is 271 Å². The van der Waals surface area contributed by atoms with E-state index >= 15 is 0 Å². The summed E-state index contributed by atoms with van der Waals surface area (Å²) < 4.78 is 39.8. The van der Waals surface area contributed by atoms with Gasteiger partial charge in [-0.1, -0.05) is 74.4 Å². The standard InChI is InChI=1S/C15H24.C13H19NO.C11H12F2O2/c1-9-10(2)12(4)14(15(6,7)8)13(5)11(9)3;1-13(2,3)10-5-6-11-12(9-10)15-8-7-14(11)4;1-10(2,3)7-4-5-8-9(6-7)15-11(12,13)14-8/h1-8H3;5-6,9H,7-8H2,1-4H3;4-6H,1-3H3. The van der Waals surface area contributed by atoms with Crippen molar-refractivity contribution in [3.05, 3.63) is 80.9 Å². The largest absolute Gasteiger partial charge is 0.586 e. The molecular formula is C39H55F2NO3. The van der Waals surface area contributed by atoms with Crippen molar-refractivity contribution in [3.63, 3.8) is 0 Å². The molecule has 0 unspecified atom stereocenters. The second-order valence-electron chi connectivity index (χ2n) is 15.5. The maximum Gasteiger partial charge on any atom is 0.586 e. The van der Waals surface area contributed by atoms with Gasteiger partial charge in [0.05, 0.1) is 12.2 Å². The van der Waals surface area contributed by atoms with E-state index in [1.807, 2.05) is 20.8 Å². The lowest BCUT2D eigenvalue weighted by Gasteiger charge is -2.29. The second kappa shape index (κ2) is 12.8. The Kier molecular flexibility index (Phi) is 10.3. The fourth-order valence-corrected chi connectivity index (χ4v) is 5.87. The summed E-state index contributed by atoms with van der Waals surface area (Å²) in [5.41, 5.74) is 12.7. The van der Waals surface area contributed by atoms with E-state index in [0.29, 0.717) is 0 Å². The number of anilines is 1. The zero-order valence-electron chi connectivity index (χ0n) is 30.3. The average molecular weight is 624 g/mol. The Hall–Kier alpha value is -3.28. The molecule has 4 nitrogen and oxygen atoms in total. The van der Waals surface area contributed by atoms with Crippen molar-refractivity contribution >= 4 is 5.69 Å². The van der Waals surface area contributed by atoms with Crippen LogP contribution < -0.4 is 19.1 Å². The highest BCUT2D eigenvalue weighted by Crippen LogP contribution is 2.43. The molecule has 0 spiro atoms. The molecule has 0 atom stereocenters. The van der Waals surface area contributed by atoms with Crippen molar-refractivity contribution in [1.82, 2.24) is 0 Å². The van der Waals surface area contributed by atoms with E-state index in [1.54, 1.807) is 12.1 Å². The zero-order chi connectivity index (χ0) is 34.3. The van der Waals surface area contributed by atoms with Crippen LogP contribution in [0.5, 0.6) is 17.2 Å². The molecule has 0 fully saturated rings. The first-order valence-corrected chi connectivity index (χ1v) is 15.9. The van der Waals surface area contributed by atoms with E-state index in [9.17, 15) is 8.78 Å². The Morgan fingerprint density at radius 3 is 1.53 bits per heavy atom. The molecule has 0 radical (unpaired) electrons. The third kappa shape index (κ3) is 8.51. The van der Waals surface area contributed by atoms with Crippen LogP contribution in [0.2, 0.25) is 0 Å². The molecule has 2 aliphatic heterocycles. The normalized spacial score (nSPS) is 15.3. The minimum Gasteiger partial charge on any atom is -0.490 e. The van der Waals surface area contributed by atoms with E-state index in [1.165, 1.54) is 50.7 Å². The fraction of sp³-hybridized carbons (Fsp3) is 0.538. The number of ether oxygens (including phenoxy) is 3. The van der Waals surface area contributed by atoms with Gasteiger partial charge in [-0.2, -0.15) is 0 Å². The lowest BCUT2D eigenvalue weighted by atomic mass is 9.77.